The lowest BCUT2D eigenvalue weighted by molar-refractivity contribution is -0.122. The molecule has 0 saturated carbocycles. The molecule has 3 rings (SSSR count). The molecule has 2 aliphatic rings. The summed E-state index contributed by atoms with van der Waals surface area (Å²) in [4.78, 5) is 11.8. The Hall–Kier alpha value is -1.48. The van der Waals surface area contributed by atoms with E-state index < -0.39 is 22.2 Å². The molecule has 2 aliphatic heterocycles. The van der Waals surface area contributed by atoms with Crippen molar-refractivity contribution in [2.75, 3.05) is 26.3 Å². The highest BCUT2D eigenvalue weighted by molar-refractivity contribution is 7.86. The number of nitrogens with zero attached hydrogens (tertiary/aromatic N) is 2. The molecule has 2 N–H and O–H groups in total. The maximum atomic E-state index is 12.9. The van der Waals surface area contributed by atoms with Crippen LogP contribution in [0.15, 0.2) is 24.3 Å². The van der Waals surface area contributed by atoms with Crippen molar-refractivity contribution in [1.82, 2.24) is 8.61 Å². The Morgan fingerprint density at radius 2 is 1.82 bits per heavy atom. The van der Waals surface area contributed by atoms with Gasteiger partial charge in [0, 0.05) is 19.6 Å². The van der Waals surface area contributed by atoms with Crippen molar-refractivity contribution in [1.29, 1.82) is 0 Å². The third-order valence-corrected chi connectivity index (χ3v) is 6.12. The molecular weight excluding hydrogens is 306 g/mol. The van der Waals surface area contributed by atoms with Gasteiger partial charge in [0.2, 0.25) is 5.91 Å². The first-order chi connectivity index (χ1) is 10.5. The molecule has 0 radical (unpaired) electrons. The molecule has 1 atom stereocenters. The van der Waals surface area contributed by atoms with Gasteiger partial charge in [-0.2, -0.15) is 17.0 Å². The van der Waals surface area contributed by atoms with E-state index in [1.807, 2.05) is 24.3 Å². The molecule has 2 heterocycles. The highest BCUT2D eigenvalue weighted by atomic mass is 32.2. The van der Waals surface area contributed by atoms with E-state index in [9.17, 15) is 13.2 Å². The largest absolute Gasteiger partial charge is 0.379 e. The van der Waals surface area contributed by atoms with Gasteiger partial charge in [0.05, 0.1) is 13.2 Å². The summed E-state index contributed by atoms with van der Waals surface area (Å²) in [7, 11) is -3.74. The molecule has 1 fully saturated rings. The predicted molar refractivity (Wildman–Crippen MR) is 80.0 cm³/mol. The lowest BCUT2D eigenvalue weighted by Gasteiger charge is -2.38. The fourth-order valence-corrected chi connectivity index (χ4v) is 4.62. The van der Waals surface area contributed by atoms with Crippen molar-refractivity contribution < 1.29 is 17.9 Å². The van der Waals surface area contributed by atoms with Gasteiger partial charge in [0.15, 0.2) is 0 Å². The molecule has 1 aromatic carbocycles. The van der Waals surface area contributed by atoms with Crippen LogP contribution in [0.25, 0.3) is 0 Å². The first-order valence-corrected chi connectivity index (χ1v) is 8.60. The van der Waals surface area contributed by atoms with E-state index in [2.05, 4.69) is 0 Å². The SMILES string of the molecule is NC(=O)C1Cc2ccccc2CN1S(=O)(=O)N1CCOCC1. The number of fused-ring (bicyclic) bond motifs is 1. The fourth-order valence-electron chi connectivity index (χ4n) is 2.91. The average Bonchev–Trinajstić information content (AvgIpc) is 2.54. The zero-order valence-corrected chi connectivity index (χ0v) is 13.0. The summed E-state index contributed by atoms with van der Waals surface area (Å²) in [5.41, 5.74) is 7.34. The Morgan fingerprint density at radius 3 is 2.45 bits per heavy atom. The Morgan fingerprint density at radius 1 is 1.18 bits per heavy atom. The van der Waals surface area contributed by atoms with Gasteiger partial charge in [-0.05, 0) is 17.5 Å². The molecule has 7 nitrogen and oxygen atoms in total. The second kappa shape index (κ2) is 5.96. The molecule has 1 unspecified atom stereocenters. The van der Waals surface area contributed by atoms with E-state index in [0.717, 1.165) is 11.1 Å². The van der Waals surface area contributed by atoms with Crippen LogP contribution in [-0.2, 0) is 32.7 Å². The van der Waals surface area contributed by atoms with Crippen molar-refractivity contribution in [2.45, 2.75) is 19.0 Å². The summed E-state index contributed by atoms with van der Waals surface area (Å²) in [5.74, 6) is -0.619. The maximum Gasteiger partial charge on any atom is 0.283 e. The van der Waals surface area contributed by atoms with E-state index in [1.54, 1.807) is 0 Å². The third-order valence-electron chi connectivity index (χ3n) is 4.13. The smallest absolute Gasteiger partial charge is 0.283 e. The molecule has 0 aliphatic carbocycles. The molecular formula is C14H19N3O4S. The molecule has 22 heavy (non-hydrogen) atoms. The number of carbonyl (C=O) groups excluding carboxylic acids is 1. The second-order valence-corrected chi connectivity index (χ2v) is 7.34. The summed E-state index contributed by atoms with van der Waals surface area (Å²) in [6.45, 7) is 1.50. The van der Waals surface area contributed by atoms with Crippen LogP contribution < -0.4 is 5.73 Å². The molecule has 1 amide bonds. The van der Waals surface area contributed by atoms with Gasteiger partial charge in [-0.3, -0.25) is 4.79 Å². The zero-order valence-electron chi connectivity index (χ0n) is 12.1. The van der Waals surface area contributed by atoms with Crippen molar-refractivity contribution in [3.8, 4) is 0 Å². The van der Waals surface area contributed by atoms with E-state index >= 15 is 0 Å². The summed E-state index contributed by atoms with van der Waals surface area (Å²) in [5, 5.41) is 0. The van der Waals surface area contributed by atoms with Crippen LogP contribution in [0.5, 0.6) is 0 Å². The van der Waals surface area contributed by atoms with Gasteiger partial charge in [0.1, 0.15) is 6.04 Å². The predicted octanol–water partition coefficient (Wildman–Crippen LogP) is -0.524. The van der Waals surface area contributed by atoms with Gasteiger partial charge < -0.3 is 10.5 Å². The van der Waals surface area contributed by atoms with Crippen LogP contribution in [-0.4, -0.2) is 55.3 Å². The Kier molecular flexibility index (Phi) is 4.18. The summed E-state index contributed by atoms with van der Waals surface area (Å²) < 4.78 is 33.5. The molecule has 0 spiro atoms. The first kappa shape index (κ1) is 15.4. The number of nitrogens with two attached hydrogens (primary N) is 1. The number of morpholine rings is 1. The van der Waals surface area contributed by atoms with Crippen molar-refractivity contribution in [2.24, 2.45) is 5.73 Å². The monoisotopic (exact) mass is 325 g/mol. The zero-order chi connectivity index (χ0) is 15.7. The standard InChI is InChI=1S/C14H19N3O4S/c15-14(18)13-9-11-3-1-2-4-12(11)10-17(13)22(19,20)16-5-7-21-8-6-16/h1-4,13H,5-10H2,(H2,15,18). The molecule has 1 aromatic rings. The normalized spacial score (nSPS) is 23.9. The first-order valence-electron chi connectivity index (χ1n) is 7.21. The van der Waals surface area contributed by atoms with Crippen LogP contribution in [0.3, 0.4) is 0 Å². The van der Waals surface area contributed by atoms with Crippen molar-refractivity contribution >= 4 is 16.1 Å². The van der Waals surface area contributed by atoms with Crippen molar-refractivity contribution in [3.05, 3.63) is 35.4 Å². The number of primary amides is 1. The number of amides is 1. The summed E-state index contributed by atoms with van der Waals surface area (Å²) in [6.07, 6.45) is 0.315. The summed E-state index contributed by atoms with van der Waals surface area (Å²) >= 11 is 0. The minimum Gasteiger partial charge on any atom is -0.379 e. The average molecular weight is 325 g/mol. The number of ether oxygens (including phenoxy) is 1. The second-order valence-electron chi connectivity index (χ2n) is 5.46. The highest BCUT2D eigenvalue weighted by Crippen LogP contribution is 2.27. The molecule has 1 saturated heterocycles. The summed E-state index contributed by atoms with van der Waals surface area (Å²) in [6, 6.07) is 6.69. The van der Waals surface area contributed by atoms with Gasteiger partial charge >= 0.3 is 0 Å². The topological polar surface area (TPSA) is 92.9 Å². The number of hydrogen-bond donors (Lipinski definition) is 1. The van der Waals surface area contributed by atoms with Gasteiger partial charge in [-0.1, -0.05) is 24.3 Å². The van der Waals surface area contributed by atoms with Crippen molar-refractivity contribution in [3.63, 3.8) is 0 Å². The van der Waals surface area contributed by atoms with E-state index in [4.69, 9.17) is 10.5 Å². The third kappa shape index (κ3) is 2.74. The van der Waals surface area contributed by atoms with E-state index in [0.29, 0.717) is 32.7 Å². The quantitative estimate of drug-likeness (QED) is 0.809. The van der Waals surface area contributed by atoms with Gasteiger partial charge in [-0.25, -0.2) is 0 Å². The van der Waals surface area contributed by atoms with Gasteiger partial charge in [0.25, 0.3) is 10.2 Å². The number of benzene rings is 1. The van der Waals surface area contributed by atoms with Crippen LogP contribution >= 0.6 is 0 Å². The Bertz CT molecular complexity index is 670. The van der Waals surface area contributed by atoms with E-state index in [-0.39, 0.29) is 6.54 Å². The fraction of sp³-hybridized carbons (Fsp3) is 0.500. The molecule has 0 aromatic heterocycles. The van der Waals surface area contributed by atoms with Crippen LogP contribution in [0.4, 0.5) is 0 Å². The van der Waals surface area contributed by atoms with E-state index in [1.165, 1.54) is 8.61 Å². The molecule has 0 bridgehead atoms. The lowest BCUT2D eigenvalue weighted by Crippen LogP contribution is -2.56. The maximum absolute atomic E-state index is 12.9. The van der Waals surface area contributed by atoms with Crippen LogP contribution in [0.2, 0.25) is 0 Å². The number of rotatable bonds is 3. The highest BCUT2D eigenvalue weighted by Gasteiger charge is 2.41. The Balaban J connectivity index is 1.95. The Labute approximate surface area is 129 Å². The number of carbonyl (C=O) groups is 1. The minimum absolute atomic E-state index is 0.170. The van der Waals surface area contributed by atoms with Crippen LogP contribution in [0.1, 0.15) is 11.1 Å². The number of hydrogen-bond acceptors (Lipinski definition) is 4. The minimum atomic E-state index is -3.74. The molecule has 8 heteroatoms. The van der Waals surface area contributed by atoms with Crippen LogP contribution in [0, 0.1) is 0 Å². The van der Waals surface area contributed by atoms with Gasteiger partial charge in [-0.15, -0.1) is 0 Å². The molecule has 120 valence electrons. The lowest BCUT2D eigenvalue weighted by atomic mass is 9.96.